The number of fused-ring (bicyclic) bond motifs is 3. The Hall–Kier alpha value is -3.54. The van der Waals surface area contributed by atoms with Crippen LogP contribution in [0.15, 0.2) is 53.1 Å². The van der Waals surface area contributed by atoms with Crippen LogP contribution in [-0.4, -0.2) is 75.3 Å². The summed E-state index contributed by atoms with van der Waals surface area (Å²) < 4.78 is 30.5. The summed E-state index contributed by atoms with van der Waals surface area (Å²) >= 11 is 0. The van der Waals surface area contributed by atoms with Crippen LogP contribution >= 0.6 is 0 Å². The second kappa shape index (κ2) is 14.5. The van der Waals surface area contributed by atoms with E-state index < -0.39 is 71.0 Å². The highest BCUT2D eigenvalue weighted by molar-refractivity contribution is 5.88. The lowest BCUT2D eigenvalue weighted by molar-refractivity contribution is -0.213. The Labute approximate surface area is 301 Å². The highest BCUT2D eigenvalue weighted by Crippen LogP contribution is 2.57. The van der Waals surface area contributed by atoms with Crippen molar-refractivity contribution in [2.45, 2.75) is 150 Å². The van der Waals surface area contributed by atoms with E-state index in [-0.39, 0.29) is 35.9 Å². The van der Waals surface area contributed by atoms with Crippen molar-refractivity contribution in [1.29, 1.82) is 0 Å². The molecule has 0 bridgehead atoms. The van der Waals surface area contributed by atoms with Crippen molar-refractivity contribution in [2.75, 3.05) is 0 Å². The van der Waals surface area contributed by atoms with Gasteiger partial charge in [-0.25, -0.2) is 9.59 Å². The first-order chi connectivity index (χ1) is 23.5. The summed E-state index contributed by atoms with van der Waals surface area (Å²) in [5.74, 6) is -4.07. The average molecular weight is 713 g/mol. The number of esters is 4. The molecule has 0 unspecified atom stereocenters. The van der Waals surface area contributed by atoms with Crippen LogP contribution in [0.3, 0.4) is 0 Å². The number of hydrogen-bond acceptors (Lipinski definition) is 11. The van der Waals surface area contributed by atoms with Gasteiger partial charge in [-0.1, -0.05) is 71.0 Å². The van der Waals surface area contributed by atoms with Gasteiger partial charge in [0.05, 0.1) is 18.6 Å². The standard InChI is InChI=1S/C40H56O11/c1-12-23(2)34(43)49-31-24(3)29-30(32(31)48-28(42)18-19-37(8,9)22-36(5,6)7)38(10,51-25(4)41)20-27(47-21-26-16-14-13-15-17-26)40(46)33(29)50-35(44)39(40,11)45/h12-17,27,30-33,45-46H,18-22H2,1-11H3/b23-12-/t27-,30-,31+,32+,33+,38+,39-,40-/m1/s1. The van der Waals surface area contributed by atoms with E-state index in [0.717, 1.165) is 18.9 Å². The molecule has 2 fully saturated rings. The highest BCUT2D eigenvalue weighted by atomic mass is 16.6. The highest BCUT2D eigenvalue weighted by Gasteiger charge is 2.75. The fourth-order valence-electron chi connectivity index (χ4n) is 8.40. The summed E-state index contributed by atoms with van der Waals surface area (Å²) in [6.07, 6.45) is -2.57. The summed E-state index contributed by atoms with van der Waals surface area (Å²) in [4.78, 5) is 53.3. The first-order valence-corrected chi connectivity index (χ1v) is 17.7. The van der Waals surface area contributed by atoms with E-state index in [1.807, 2.05) is 30.3 Å². The molecule has 282 valence electrons. The molecule has 0 spiro atoms. The van der Waals surface area contributed by atoms with Crippen molar-refractivity contribution in [3.05, 3.63) is 58.7 Å². The molecule has 2 aliphatic carbocycles. The second-order valence-corrected chi connectivity index (χ2v) is 16.8. The van der Waals surface area contributed by atoms with Crippen LogP contribution in [0.4, 0.5) is 0 Å². The summed E-state index contributed by atoms with van der Waals surface area (Å²) in [6, 6.07) is 9.13. The van der Waals surface area contributed by atoms with Gasteiger partial charge in [0, 0.05) is 25.3 Å². The van der Waals surface area contributed by atoms with Gasteiger partial charge in [0.15, 0.2) is 29.5 Å². The molecular weight excluding hydrogens is 656 g/mol. The summed E-state index contributed by atoms with van der Waals surface area (Å²) in [6.45, 7) is 19.5. The molecule has 0 aromatic heterocycles. The topological polar surface area (TPSA) is 155 Å². The number of aliphatic hydroxyl groups is 2. The third-order valence-electron chi connectivity index (χ3n) is 10.6. The van der Waals surface area contributed by atoms with E-state index in [1.165, 1.54) is 6.92 Å². The van der Waals surface area contributed by atoms with Gasteiger partial charge in [-0.15, -0.1) is 0 Å². The molecule has 3 aliphatic rings. The second-order valence-electron chi connectivity index (χ2n) is 16.8. The Balaban J connectivity index is 1.86. The predicted molar refractivity (Wildman–Crippen MR) is 188 cm³/mol. The fourth-order valence-corrected chi connectivity index (χ4v) is 8.40. The Bertz CT molecular complexity index is 1570. The summed E-state index contributed by atoms with van der Waals surface area (Å²) in [5, 5.41) is 24.4. The number of allylic oxidation sites excluding steroid dienone is 1. The van der Waals surface area contributed by atoms with Gasteiger partial charge in [-0.3, -0.25) is 9.59 Å². The van der Waals surface area contributed by atoms with Gasteiger partial charge >= 0.3 is 23.9 Å². The van der Waals surface area contributed by atoms with Crippen molar-refractivity contribution >= 4 is 23.9 Å². The molecule has 1 aliphatic heterocycles. The van der Waals surface area contributed by atoms with E-state index in [2.05, 4.69) is 34.6 Å². The quantitative estimate of drug-likeness (QED) is 0.126. The van der Waals surface area contributed by atoms with Gasteiger partial charge in [0.25, 0.3) is 0 Å². The van der Waals surface area contributed by atoms with Crippen molar-refractivity contribution in [3.63, 3.8) is 0 Å². The number of hydrogen-bond donors (Lipinski definition) is 2. The maximum Gasteiger partial charge on any atom is 0.341 e. The largest absolute Gasteiger partial charge is 0.459 e. The van der Waals surface area contributed by atoms with Crippen LogP contribution in [0.2, 0.25) is 0 Å². The van der Waals surface area contributed by atoms with Gasteiger partial charge in [-0.05, 0) is 75.0 Å². The predicted octanol–water partition coefficient (Wildman–Crippen LogP) is 5.68. The van der Waals surface area contributed by atoms with Crippen molar-refractivity contribution in [1.82, 2.24) is 0 Å². The smallest absolute Gasteiger partial charge is 0.341 e. The molecular formula is C40H56O11. The van der Waals surface area contributed by atoms with Crippen molar-refractivity contribution in [2.24, 2.45) is 16.7 Å². The molecule has 11 heteroatoms. The molecule has 4 rings (SSSR count). The first kappa shape index (κ1) is 40.2. The van der Waals surface area contributed by atoms with Gasteiger partial charge in [-0.2, -0.15) is 0 Å². The van der Waals surface area contributed by atoms with Crippen molar-refractivity contribution in [3.8, 4) is 0 Å². The summed E-state index contributed by atoms with van der Waals surface area (Å²) in [7, 11) is 0. The lowest BCUT2D eigenvalue weighted by atomic mass is 9.74. The fraction of sp³-hybridized carbons (Fsp3) is 0.650. The maximum atomic E-state index is 13.8. The maximum absolute atomic E-state index is 13.8. The number of ether oxygens (including phenoxy) is 5. The zero-order chi connectivity index (χ0) is 38.3. The monoisotopic (exact) mass is 712 g/mol. The van der Waals surface area contributed by atoms with Crippen LogP contribution in [0.25, 0.3) is 0 Å². The molecule has 1 heterocycles. The van der Waals surface area contributed by atoms with E-state index in [1.54, 1.807) is 33.8 Å². The Morgan fingerprint density at radius 2 is 1.65 bits per heavy atom. The SMILES string of the molecule is C/C=C(/C)C(=O)O[C@H]1C(C)=C2[C@H]([C@@H]1OC(=O)CCC(C)(C)CC(C)(C)C)[C@@](C)(OC(C)=O)C[C@@H](OCc1ccccc1)[C@@]1(O)[C@H]2OC(=O)[C@@]1(C)O. The molecule has 1 aromatic carbocycles. The number of rotatable bonds is 11. The molecule has 2 N–H and O–H groups in total. The van der Waals surface area contributed by atoms with Gasteiger partial charge < -0.3 is 33.9 Å². The number of carbonyl (C=O) groups is 4. The first-order valence-electron chi connectivity index (χ1n) is 17.7. The van der Waals surface area contributed by atoms with Gasteiger partial charge in [0.1, 0.15) is 5.60 Å². The molecule has 0 amide bonds. The van der Waals surface area contributed by atoms with Crippen LogP contribution < -0.4 is 0 Å². The Kier molecular flexibility index (Phi) is 11.4. The number of benzene rings is 1. The minimum atomic E-state index is -2.47. The van der Waals surface area contributed by atoms with Gasteiger partial charge in [0.2, 0.25) is 0 Å². The third-order valence-corrected chi connectivity index (χ3v) is 10.6. The minimum Gasteiger partial charge on any atom is -0.459 e. The van der Waals surface area contributed by atoms with E-state index in [0.29, 0.717) is 17.6 Å². The van der Waals surface area contributed by atoms with Crippen molar-refractivity contribution < 1.29 is 53.1 Å². The summed E-state index contributed by atoms with van der Waals surface area (Å²) in [5.41, 5.74) is -5.02. The number of carbonyl (C=O) groups excluding carboxylic acids is 4. The molecule has 0 radical (unpaired) electrons. The van der Waals surface area contributed by atoms with E-state index in [9.17, 15) is 29.4 Å². The molecule has 8 atom stereocenters. The van der Waals surface area contributed by atoms with E-state index >= 15 is 0 Å². The van der Waals surface area contributed by atoms with Crippen LogP contribution in [0.1, 0.15) is 107 Å². The zero-order valence-electron chi connectivity index (χ0n) is 32.0. The van der Waals surface area contributed by atoms with Crippen LogP contribution in [-0.2, 0) is 49.5 Å². The zero-order valence-corrected chi connectivity index (χ0v) is 32.0. The molecule has 1 saturated carbocycles. The molecule has 51 heavy (non-hydrogen) atoms. The normalized spacial score (nSPS) is 32.5. The van der Waals surface area contributed by atoms with Crippen LogP contribution in [0, 0.1) is 16.7 Å². The minimum absolute atomic E-state index is 0.0186. The third kappa shape index (κ3) is 8.10. The lowest BCUT2D eigenvalue weighted by Gasteiger charge is -2.42. The molecule has 1 saturated heterocycles. The Morgan fingerprint density at radius 1 is 1.02 bits per heavy atom. The average Bonchev–Trinajstić information content (AvgIpc) is 3.35. The molecule has 1 aromatic rings. The molecule has 11 nitrogen and oxygen atoms in total. The van der Waals surface area contributed by atoms with Crippen LogP contribution in [0.5, 0.6) is 0 Å². The Morgan fingerprint density at radius 3 is 2.22 bits per heavy atom. The lowest BCUT2D eigenvalue weighted by Crippen LogP contribution is -2.64. The van der Waals surface area contributed by atoms with E-state index in [4.69, 9.17) is 23.7 Å².